The first kappa shape index (κ1) is 34.6. The number of rotatable bonds is 5. The van der Waals surface area contributed by atoms with Crippen LogP contribution < -0.4 is 0 Å². The third-order valence-electron chi connectivity index (χ3n) is 11.1. The van der Waals surface area contributed by atoms with E-state index in [2.05, 4.69) is 39.8 Å². The number of methoxy groups -OCH3 is 1. The maximum absolute atomic E-state index is 12.0. The molecule has 1 aromatic carbocycles. The molecule has 0 aromatic heterocycles. The molecule has 40 heavy (non-hydrogen) atoms. The van der Waals surface area contributed by atoms with Gasteiger partial charge in [-0.05, 0) is 116 Å². The van der Waals surface area contributed by atoms with Crippen LogP contribution in [-0.4, -0.2) is 13.1 Å². The number of allylic oxidation sites excluding steroid dienone is 1. The molecule has 5 rings (SSSR count). The van der Waals surface area contributed by atoms with Crippen LogP contribution in [0.15, 0.2) is 30.3 Å². The number of esters is 1. The summed E-state index contributed by atoms with van der Waals surface area (Å²) in [5, 5.41) is 0. The Labute approximate surface area is 249 Å². The van der Waals surface area contributed by atoms with Crippen molar-refractivity contribution in [2.45, 2.75) is 139 Å². The van der Waals surface area contributed by atoms with E-state index in [1.165, 1.54) is 84.2 Å². The van der Waals surface area contributed by atoms with Crippen LogP contribution in [0.3, 0.4) is 0 Å². The van der Waals surface area contributed by atoms with E-state index in [-0.39, 0.29) is 5.97 Å². The lowest BCUT2D eigenvalue weighted by atomic mass is 9.45. The molecular formula is C38H64O2. The van der Waals surface area contributed by atoms with E-state index in [0.717, 1.165) is 41.6 Å². The van der Waals surface area contributed by atoms with Gasteiger partial charge in [-0.25, -0.2) is 4.79 Å². The van der Waals surface area contributed by atoms with E-state index in [1.807, 2.05) is 52.0 Å². The average Bonchev–Trinajstić information content (AvgIpc) is 3.33. The Balaban J connectivity index is 0.000000737. The number of hydrogen-bond acceptors (Lipinski definition) is 2. The van der Waals surface area contributed by atoms with Crippen molar-refractivity contribution >= 4 is 12.0 Å². The molecule has 4 fully saturated rings. The molecule has 0 spiro atoms. The molecule has 0 saturated heterocycles. The number of fused-ring (bicyclic) bond motifs is 5. The van der Waals surface area contributed by atoms with Crippen LogP contribution in [0.4, 0.5) is 0 Å². The smallest absolute Gasteiger partial charge is 0.338 e. The zero-order valence-electron chi connectivity index (χ0n) is 27.9. The third kappa shape index (κ3) is 7.43. The zero-order chi connectivity index (χ0) is 29.8. The Hall–Kier alpha value is -1.57. The van der Waals surface area contributed by atoms with Crippen LogP contribution in [0.25, 0.3) is 6.08 Å². The number of carbonyl (C=O) groups excluding carboxylic acids is 1. The molecular weight excluding hydrogens is 488 g/mol. The molecule has 228 valence electrons. The monoisotopic (exact) mass is 552 g/mol. The highest BCUT2D eigenvalue weighted by molar-refractivity contribution is 5.93. The predicted molar refractivity (Wildman–Crippen MR) is 175 cm³/mol. The van der Waals surface area contributed by atoms with E-state index in [4.69, 9.17) is 4.74 Å². The molecule has 0 heterocycles. The summed E-state index contributed by atoms with van der Waals surface area (Å²) < 4.78 is 4.95. The summed E-state index contributed by atoms with van der Waals surface area (Å²) in [4.78, 5) is 12.0. The van der Waals surface area contributed by atoms with E-state index in [1.54, 1.807) is 0 Å². The van der Waals surface area contributed by atoms with Crippen LogP contribution in [0, 0.1) is 40.4 Å². The van der Waals surface area contributed by atoms with Gasteiger partial charge in [0.15, 0.2) is 0 Å². The number of benzene rings is 1. The Morgan fingerprint density at radius 1 is 0.875 bits per heavy atom. The van der Waals surface area contributed by atoms with Crippen molar-refractivity contribution in [3.8, 4) is 0 Å². The third-order valence-corrected chi connectivity index (χ3v) is 11.1. The maximum Gasteiger partial charge on any atom is 0.338 e. The van der Waals surface area contributed by atoms with Gasteiger partial charge in [-0.1, -0.05) is 105 Å². The second kappa shape index (κ2) is 16.8. The highest BCUT2D eigenvalue weighted by atomic mass is 16.5. The number of hydrogen-bond donors (Lipinski definition) is 0. The van der Waals surface area contributed by atoms with Crippen molar-refractivity contribution in [1.82, 2.24) is 0 Å². The van der Waals surface area contributed by atoms with Crippen LogP contribution >= 0.6 is 0 Å². The van der Waals surface area contributed by atoms with E-state index in [0.29, 0.717) is 16.4 Å². The first-order valence-corrected chi connectivity index (χ1v) is 17.2. The number of ether oxygens (including phenoxy) is 1. The van der Waals surface area contributed by atoms with Crippen molar-refractivity contribution in [2.75, 3.05) is 7.11 Å². The minimum Gasteiger partial charge on any atom is -0.465 e. The zero-order valence-corrected chi connectivity index (χ0v) is 27.9. The molecule has 4 saturated carbocycles. The summed E-state index contributed by atoms with van der Waals surface area (Å²) in [6.07, 6.45) is 22.9. The van der Waals surface area contributed by atoms with Gasteiger partial charge < -0.3 is 4.74 Å². The molecule has 4 aliphatic rings. The standard InChI is InChI=1S/C31H44O2.C3H8.2C2H6/c1-30-20-9-8-13-23(30)15-17-26-27-18-16-24(31(27,2)21-19-28(26)30)12-6-4-10-22-11-5-7-14-25(22)29(32)33-3;1-3-2;2*1-2/h4-5,7,10-11,14,23-24,26-28H,6,8-9,12-13,15-21H2,1-3H3;3H2,1-2H3;2*1-2H3/b10-4+;;;. The second-order valence-electron chi connectivity index (χ2n) is 13.0. The van der Waals surface area contributed by atoms with Gasteiger partial charge in [-0.15, -0.1) is 0 Å². The molecule has 4 aliphatic carbocycles. The molecule has 2 nitrogen and oxygen atoms in total. The summed E-state index contributed by atoms with van der Waals surface area (Å²) in [6, 6.07) is 7.77. The van der Waals surface area contributed by atoms with E-state index in [9.17, 15) is 4.79 Å². The van der Waals surface area contributed by atoms with Crippen molar-refractivity contribution in [3.05, 3.63) is 41.5 Å². The minimum absolute atomic E-state index is 0.250. The normalized spacial score (nSPS) is 33.9. The lowest BCUT2D eigenvalue weighted by molar-refractivity contribution is -0.111. The predicted octanol–water partition coefficient (Wildman–Crippen LogP) is 11.8. The van der Waals surface area contributed by atoms with Gasteiger partial charge in [0.25, 0.3) is 0 Å². The molecule has 0 N–H and O–H groups in total. The van der Waals surface area contributed by atoms with Gasteiger partial charge in [0.1, 0.15) is 0 Å². The molecule has 2 heteroatoms. The van der Waals surface area contributed by atoms with Crippen molar-refractivity contribution < 1.29 is 9.53 Å². The Morgan fingerprint density at radius 3 is 2.25 bits per heavy atom. The molecule has 7 unspecified atom stereocenters. The van der Waals surface area contributed by atoms with E-state index < -0.39 is 0 Å². The lowest BCUT2D eigenvalue weighted by Crippen LogP contribution is -2.52. The molecule has 0 amide bonds. The van der Waals surface area contributed by atoms with Crippen LogP contribution in [0.1, 0.15) is 155 Å². The van der Waals surface area contributed by atoms with Gasteiger partial charge in [0.2, 0.25) is 0 Å². The highest BCUT2D eigenvalue weighted by Crippen LogP contribution is 2.67. The molecule has 0 radical (unpaired) electrons. The molecule has 0 bridgehead atoms. The molecule has 0 aliphatic heterocycles. The second-order valence-corrected chi connectivity index (χ2v) is 13.0. The first-order valence-electron chi connectivity index (χ1n) is 17.2. The first-order chi connectivity index (χ1) is 19.4. The van der Waals surface area contributed by atoms with Crippen LogP contribution in [-0.2, 0) is 4.74 Å². The Morgan fingerprint density at radius 2 is 1.55 bits per heavy atom. The van der Waals surface area contributed by atoms with E-state index >= 15 is 0 Å². The minimum atomic E-state index is -0.250. The Kier molecular flexibility index (Phi) is 14.5. The molecule has 7 atom stereocenters. The van der Waals surface area contributed by atoms with Crippen LogP contribution in [0.5, 0.6) is 0 Å². The number of carbonyl (C=O) groups is 1. The topological polar surface area (TPSA) is 26.3 Å². The van der Waals surface area contributed by atoms with Gasteiger partial charge in [-0.2, -0.15) is 0 Å². The fourth-order valence-electron chi connectivity index (χ4n) is 9.32. The highest BCUT2D eigenvalue weighted by Gasteiger charge is 2.59. The summed E-state index contributed by atoms with van der Waals surface area (Å²) in [7, 11) is 1.45. The van der Waals surface area contributed by atoms with Crippen molar-refractivity contribution in [2.24, 2.45) is 40.4 Å². The van der Waals surface area contributed by atoms with Crippen molar-refractivity contribution in [3.63, 3.8) is 0 Å². The quantitative estimate of drug-likeness (QED) is 0.339. The summed E-state index contributed by atoms with van der Waals surface area (Å²) in [5.41, 5.74) is 2.83. The molecule has 1 aromatic rings. The van der Waals surface area contributed by atoms with Gasteiger partial charge in [-0.3, -0.25) is 0 Å². The van der Waals surface area contributed by atoms with Gasteiger partial charge >= 0.3 is 5.97 Å². The summed E-state index contributed by atoms with van der Waals surface area (Å²) in [6.45, 7) is 17.6. The van der Waals surface area contributed by atoms with Crippen LogP contribution in [0.2, 0.25) is 0 Å². The average molecular weight is 553 g/mol. The summed E-state index contributed by atoms with van der Waals surface area (Å²) >= 11 is 0. The summed E-state index contributed by atoms with van der Waals surface area (Å²) in [5.74, 6) is 4.59. The van der Waals surface area contributed by atoms with Gasteiger partial charge in [0.05, 0.1) is 12.7 Å². The fourth-order valence-corrected chi connectivity index (χ4v) is 9.32. The van der Waals surface area contributed by atoms with Crippen molar-refractivity contribution in [1.29, 1.82) is 0 Å². The lowest BCUT2D eigenvalue weighted by Gasteiger charge is -2.60. The Bertz CT molecular complexity index is 903. The SMILES string of the molecule is CC.CC.CCC.COC(=O)c1ccccc1/C=C/CCC1CCC2C3CCC4CCCCC4(C)C3CCC12C. The van der Waals surface area contributed by atoms with Gasteiger partial charge in [0, 0.05) is 0 Å². The fraction of sp³-hybridized carbons (Fsp3) is 0.763. The largest absolute Gasteiger partial charge is 0.465 e. The maximum atomic E-state index is 12.0.